The van der Waals surface area contributed by atoms with Crippen molar-refractivity contribution in [3.05, 3.63) is 34.4 Å². The summed E-state index contributed by atoms with van der Waals surface area (Å²) >= 11 is 0. The average molecular weight is 999 g/mol. The molecule has 4 heterocycles. The number of carbonyl (C=O) groups excluding carboxylic acids is 2. The van der Waals surface area contributed by atoms with Crippen LogP contribution >= 0.6 is 0 Å². The maximum Gasteiger partial charge on any atom is 0.335 e. The smallest absolute Gasteiger partial charge is 0.335 e. The number of nitrogens with one attached hydrogen (secondary N) is 1. The molecule has 69 heavy (non-hydrogen) atoms. The third-order valence-electron chi connectivity index (χ3n) is 12.4. The number of carbonyl (C=O) groups is 4. The van der Waals surface area contributed by atoms with Gasteiger partial charge < -0.3 is 114 Å². The number of amides is 1. The molecular formula is C39H54N2O28. The summed E-state index contributed by atoms with van der Waals surface area (Å²) in [6.45, 7) is -4.39. The topological polar surface area (TPSA) is 470 Å². The molecule has 1 saturated carbocycles. The summed E-state index contributed by atoms with van der Waals surface area (Å²) in [5.41, 5.74) is -7.56. The van der Waals surface area contributed by atoms with Gasteiger partial charge in [0.15, 0.2) is 42.3 Å². The van der Waals surface area contributed by atoms with E-state index in [1.807, 2.05) is 0 Å². The number of fused-ring (bicyclic) bond motifs is 1. The monoisotopic (exact) mass is 998 g/mol. The van der Waals surface area contributed by atoms with Crippen LogP contribution in [-0.4, -0.2) is 250 Å². The largest absolute Gasteiger partial charge is 0.479 e. The first-order chi connectivity index (χ1) is 32.5. The molecule has 14 N–H and O–H groups in total. The van der Waals surface area contributed by atoms with Gasteiger partial charge in [-0.25, -0.2) is 9.59 Å². The van der Waals surface area contributed by atoms with Crippen LogP contribution in [0.3, 0.4) is 0 Å². The van der Waals surface area contributed by atoms with Crippen molar-refractivity contribution in [1.82, 2.24) is 5.32 Å². The van der Waals surface area contributed by atoms with Crippen molar-refractivity contribution >= 4 is 29.5 Å². The Morgan fingerprint density at radius 3 is 2.07 bits per heavy atom. The lowest BCUT2D eigenvalue weighted by Gasteiger charge is -2.72. The minimum atomic E-state index is -2.65. The molecule has 30 nitrogen and oxygen atoms in total. The minimum absolute atomic E-state index is 0.00405. The molecule has 30 heteroatoms. The standard InChI is InChI=1S/C39H54N2O28/c42-11-17-25(20(46)21(47)34(65-17)61-10-9-40-18(44)3-1-2-4-19(45)64-16-7-5-15(6-8-16)41(59)60)66-35-24(50)26(22(48)28(67-35)33(55)56)68-36-39(58)30(52)31(38(39,12-43)69-36)63-14-37(57)13-62-27(32(53)54)23(49)29(37)51/h5-8,17,20-31,34-36,42-43,46-52,57-58H,1-4,9-14H2,(H,40,44)(H,53,54)(H,55,56)/t17?,20?,21?,22?,23?,24?,25?,26?,27?,28?,29?,30?,31?,34-,35?,36?,37?,38?,39?/m1/s1. The minimum Gasteiger partial charge on any atom is -0.479 e. The zero-order valence-electron chi connectivity index (χ0n) is 36.0. The number of rotatable bonds is 22. The molecule has 1 aromatic rings. The molecule has 4 aliphatic heterocycles. The third kappa shape index (κ3) is 10.7. The van der Waals surface area contributed by atoms with Gasteiger partial charge in [-0.3, -0.25) is 19.7 Å². The van der Waals surface area contributed by atoms with Crippen LogP contribution in [0.2, 0.25) is 0 Å². The second kappa shape index (κ2) is 22.0. The number of aliphatic hydroxyl groups excluding tert-OH is 9. The van der Waals surface area contributed by atoms with Gasteiger partial charge in [0.2, 0.25) is 5.91 Å². The van der Waals surface area contributed by atoms with Crippen LogP contribution < -0.4 is 10.1 Å². The highest BCUT2D eigenvalue weighted by Crippen LogP contribution is 2.59. The van der Waals surface area contributed by atoms with Crippen molar-refractivity contribution in [1.29, 1.82) is 0 Å². The second-order valence-corrected chi connectivity index (χ2v) is 16.9. The molecular weight excluding hydrogens is 944 g/mol. The lowest BCUT2D eigenvalue weighted by Crippen LogP contribution is -2.96. The number of nitro groups is 1. The molecule has 18 unspecified atom stereocenters. The molecule has 0 spiro atoms. The zero-order valence-corrected chi connectivity index (χ0v) is 36.0. The number of carboxylic acid groups (broad SMARTS) is 2. The quantitative estimate of drug-likeness (QED) is 0.0169. The molecule has 0 aromatic heterocycles. The average Bonchev–Trinajstić information content (AvgIpc) is 3.30. The van der Waals surface area contributed by atoms with E-state index in [0.29, 0.717) is 0 Å². The van der Waals surface area contributed by atoms with Gasteiger partial charge >= 0.3 is 17.9 Å². The number of hydrogen-bond donors (Lipinski definition) is 14. The number of nitrogens with zero attached hydrogens (tertiary/aromatic N) is 1. The van der Waals surface area contributed by atoms with E-state index < -0.39 is 170 Å². The Hall–Kier alpha value is -4.26. The highest BCUT2D eigenvalue weighted by Gasteiger charge is 2.86. The fourth-order valence-electron chi connectivity index (χ4n) is 8.48. The molecule has 19 atom stereocenters. The first-order valence-electron chi connectivity index (χ1n) is 21.3. The number of nitro benzene ring substituents is 1. The van der Waals surface area contributed by atoms with Gasteiger partial charge in [0.05, 0.1) is 38.0 Å². The summed E-state index contributed by atoms with van der Waals surface area (Å²) < 4.78 is 48.5. The Morgan fingerprint density at radius 2 is 1.45 bits per heavy atom. The van der Waals surface area contributed by atoms with Gasteiger partial charge in [-0.2, -0.15) is 0 Å². The van der Waals surface area contributed by atoms with E-state index in [9.17, 15) is 90.6 Å². The highest BCUT2D eigenvalue weighted by atomic mass is 16.8. The van der Waals surface area contributed by atoms with E-state index in [1.165, 1.54) is 24.3 Å². The summed E-state index contributed by atoms with van der Waals surface area (Å²) in [5, 5.41) is 151. The Labute approximate surface area is 388 Å². The van der Waals surface area contributed by atoms with E-state index in [2.05, 4.69) is 5.32 Å². The Morgan fingerprint density at radius 1 is 0.783 bits per heavy atom. The van der Waals surface area contributed by atoms with Crippen molar-refractivity contribution in [2.45, 2.75) is 141 Å². The van der Waals surface area contributed by atoms with Crippen LogP contribution in [0.5, 0.6) is 5.75 Å². The maximum atomic E-state index is 12.3. The number of hydrogen-bond acceptors (Lipinski definition) is 26. The number of esters is 1. The van der Waals surface area contributed by atoms with Crippen LogP contribution in [-0.2, 0) is 57.1 Å². The van der Waals surface area contributed by atoms with Crippen LogP contribution in [0.25, 0.3) is 0 Å². The molecule has 5 fully saturated rings. The molecule has 1 aromatic carbocycles. The molecule has 0 bridgehead atoms. The molecule has 1 amide bonds. The van der Waals surface area contributed by atoms with Gasteiger partial charge in [0.25, 0.3) is 5.69 Å². The van der Waals surface area contributed by atoms with Crippen LogP contribution in [0.15, 0.2) is 24.3 Å². The summed E-state index contributed by atoms with van der Waals surface area (Å²) in [7, 11) is 0. The van der Waals surface area contributed by atoms with Crippen molar-refractivity contribution in [2.75, 3.05) is 39.6 Å². The summed E-state index contributed by atoms with van der Waals surface area (Å²) in [6.07, 6.45) is -31.7. The van der Waals surface area contributed by atoms with E-state index in [4.69, 9.17) is 47.7 Å². The van der Waals surface area contributed by atoms with Gasteiger partial charge in [0, 0.05) is 31.5 Å². The lowest BCUT2D eigenvalue weighted by atomic mass is 9.55. The van der Waals surface area contributed by atoms with Crippen LogP contribution in [0.1, 0.15) is 25.7 Å². The normalized spacial score (nSPS) is 40.6. The van der Waals surface area contributed by atoms with Crippen molar-refractivity contribution < 1.29 is 133 Å². The number of benzene rings is 1. The maximum absolute atomic E-state index is 12.3. The Balaban J connectivity index is 0.977. The molecule has 0 radical (unpaired) electrons. The SMILES string of the molecule is O=C(CCCCC(=O)Oc1ccc([N+](=O)[O-])cc1)NCCO[C@@H]1OC(CO)C(OC2OC(C(=O)O)C(O)C(OC3OC4(CO)C(OCC5(O)COC(C(=O)O)C(O)C5O)C(O)C34O)C2O)C(O)C1O. The van der Waals surface area contributed by atoms with E-state index in [-0.39, 0.29) is 50.3 Å². The predicted octanol–water partition coefficient (Wildman–Crippen LogP) is -7.55. The molecule has 1 aliphatic carbocycles. The number of non-ortho nitro benzene ring substituents is 1. The van der Waals surface area contributed by atoms with Gasteiger partial charge in [0.1, 0.15) is 78.5 Å². The van der Waals surface area contributed by atoms with Gasteiger partial charge in [-0.1, -0.05) is 0 Å². The first-order valence-corrected chi connectivity index (χ1v) is 21.3. The number of carboxylic acids is 2. The third-order valence-corrected chi connectivity index (χ3v) is 12.4. The van der Waals surface area contributed by atoms with Crippen LogP contribution in [0, 0.1) is 10.1 Å². The number of ether oxygens (including phenoxy) is 9. The van der Waals surface area contributed by atoms with E-state index in [1.54, 1.807) is 0 Å². The van der Waals surface area contributed by atoms with Gasteiger partial charge in [-0.05, 0) is 25.0 Å². The van der Waals surface area contributed by atoms with Crippen molar-refractivity contribution in [3.63, 3.8) is 0 Å². The van der Waals surface area contributed by atoms with E-state index in [0.717, 1.165) is 0 Å². The fourth-order valence-corrected chi connectivity index (χ4v) is 8.48. The highest BCUT2D eigenvalue weighted by molar-refractivity contribution is 5.76. The summed E-state index contributed by atoms with van der Waals surface area (Å²) in [6, 6.07) is 4.90. The number of aliphatic carboxylic acids is 2. The van der Waals surface area contributed by atoms with Crippen LogP contribution in [0.4, 0.5) is 5.69 Å². The van der Waals surface area contributed by atoms with Gasteiger partial charge in [-0.15, -0.1) is 0 Å². The number of aliphatic hydroxyl groups is 11. The van der Waals surface area contributed by atoms with Crippen molar-refractivity contribution in [2.24, 2.45) is 0 Å². The molecule has 388 valence electrons. The number of unbranched alkanes of at least 4 members (excludes halogenated alkanes) is 1. The predicted molar refractivity (Wildman–Crippen MR) is 212 cm³/mol. The second-order valence-electron chi connectivity index (χ2n) is 16.9. The Kier molecular flexibility index (Phi) is 17.3. The molecule has 6 rings (SSSR count). The lowest BCUT2D eigenvalue weighted by molar-refractivity contribution is -0.535. The summed E-state index contributed by atoms with van der Waals surface area (Å²) in [4.78, 5) is 58.0. The summed E-state index contributed by atoms with van der Waals surface area (Å²) in [5.74, 6) is -4.43. The molecule has 4 saturated heterocycles. The van der Waals surface area contributed by atoms with Crippen molar-refractivity contribution in [3.8, 4) is 5.75 Å². The fraction of sp³-hybridized carbons (Fsp3) is 0.744. The first kappa shape index (κ1) is 54.1. The molecule has 5 aliphatic rings. The Bertz CT molecular complexity index is 1980. The van der Waals surface area contributed by atoms with E-state index >= 15 is 0 Å². The zero-order chi connectivity index (χ0) is 50.7.